The number of morpholine rings is 1. The Morgan fingerprint density at radius 1 is 1.07 bits per heavy atom. The lowest BCUT2D eigenvalue weighted by molar-refractivity contribution is -0.384. The van der Waals surface area contributed by atoms with Crippen molar-refractivity contribution in [2.75, 3.05) is 42.1 Å². The summed E-state index contributed by atoms with van der Waals surface area (Å²) in [4.78, 5) is 25.3. The Hall–Kier alpha value is -4.50. The summed E-state index contributed by atoms with van der Waals surface area (Å²) < 4.78 is 72.8. The van der Waals surface area contributed by atoms with Gasteiger partial charge in [0.25, 0.3) is 21.6 Å². The molecule has 0 aliphatic carbocycles. The number of alkyl halides is 3. The van der Waals surface area contributed by atoms with Crippen molar-refractivity contribution in [3.63, 3.8) is 0 Å². The van der Waals surface area contributed by atoms with Crippen LogP contribution in [0.4, 0.5) is 30.2 Å². The number of halogens is 3. The number of hydrogen-bond donors (Lipinski definition) is 1. The van der Waals surface area contributed by atoms with Crippen LogP contribution in [0.15, 0.2) is 82.8 Å². The van der Waals surface area contributed by atoms with Crippen LogP contribution in [0.2, 0.25) is 0 Å². The maximum atomic E-state index is 13.4. The molecular weight excluding hydrogens is 567 g/mol. The van der Waals surface area contributed by atoms with E-state index in [1.807, 2.05) is 4.90 Å². The van der Waals surface area contributed by atoms with Gasteiger partial charge < -0.3 is 9.64 Å². The summed E-state index contributed by atoms with van der Waals surface area (Å²) >= 11 is 0. The summed E-state index contributed by atoms with van der Waals surface area (Å²) in [6.45, 7) is 1.04. The lowest BCUT2D eigenvalue weighted by Crippen LogP contribution is -2.39. The van der Waals surface area contributed by atoms with E-state index in [4.69, 9.17) is 4.74 Å². The van der Waals surface area contributed by atoms with Crippen molar-refractivity contribution in [3.8, 4) is 0 Å². The molecule has 0 bridgehead atoms. The number of hydrazone groups is 1. The molecule has 15 heteroatoms. The molecule has 11 nitrogen and oxygen atoms in total. The van der Waals surface area contributed by atoms with Gasteiger partial charge in [0.1, 0.15) is 6.54 Å². The SMILES string of the molecule is O=C(CN(c1cccc(C(F)(F)F)c1)S(=O)(=O)c1ccccc1)N/N=C\c1cc([N+](=O)[O-])ccc1N1CCOCC1. The third-order valence-electron chi connectivity index (χ3n) is 6.05. The summed E-state index contributed by atoms with van der Waals surface area (Å²) in [6.07, 6.45) is -3.57. The Morgan fingerprint density at radius 2 is 1.78 bits per heavy atom. The minimum absolute atomic E-state index is 0.209. The second-order valence-corrected chi connectivity index (χ2v) is 10.6. The Labute approximate surface area is 233 Å². The van der Waals surface area contributed by atoms with Crippen LogP contribution in [0, 0.1) is 10.1 Å². The van der Waals surface area contributed by atoms with Crippen molar-refractivity contribution in [3.05, 3.63) is 94.0 Å². The van der Waals surface area contributed by atoms with E-state index >= 15 is 0 Å². The lowest BCUT2D eigenvalue weighted by atomic mass is 10.1. The number of anilines is 2. The number of rotatable bonds is 9. The van der Waals surface area contributed by atoms with Crippen molar-refractivity contribution in [1.29, 1.82) is 0 Å². The third kappa shape index (κ3) is 7.18. The van der Waals surface area contributed by atoms with E-state index in [9.17, 15) is 36.5 Å². The van der Waals surface area contributed by atoms with Gasteiger partial charge in [-0.2, -0.15) is 18.3 Å². The summed E-state index contributed by atoms with van der Waals surface area (Å²) in [5, 5.41) is 15.1. The zero-order valence-electron chi connectivity index (χ0n) is 21.3. The van der Waals surface area contributed by atoms with Crippen molar-refractivity contribution in [1.82, 2.24) is 5.43 Å². The maximum Gasteiger partial charge on any atom is 0.416 e. The monoisotopic (exact) mass is 591 g/mol. The van der Waals surface area contributed by atoms with Crippen LogP contribution in [-0.4, -0.2) is 58.3 Å². The molecule has 0 saturated carbocycles. The molecular formula is C26H24F3N5O6S. The Balaban J connectivity index is 1.61. The molecule has 0 atom stereocenters. The second-order valence-electron chi connectivity index (χ2n) is 8.77. The summed E-state index contributed by atoms with van der Waals surface area (Å²) in [6, 6.07) is 14.7. The van der Waals surface area contributed by atoms with Gasteiger partial charge in [-0.05, 0) is 36.4 Å². The molecule has 0 unspecified atom stereocenters. The van der Waals surface area contributed by atoms with E-state index in [0.717, 1.165) is 18.2 Å². The molecule has 1 aliphatic rings. The van der Waals surface area contributed by atoms with Crippen molar-refractivity contribution in [2.45, 2.75) is 11.1 Å². The average molecular weight is 592 g/mol. The molecule has 1 heterocycles. The number of nitro groups is 1. The standard InChI is InChI=1S/C26H24F3N5O6S/c27-26(28,29)20-5-4-6-21(16-20)33(41(38,39)23-7-2-1-3-8-23)18-25(35)31-30-17-19-15-22(34(36)37)9-10-24(19)32-11-13-40-14-12-32/h1-10,15-17H,11-14,18H2,(H,31,35)/b30-17-. The Kier molecular flexibility index (Phi) is 8.88. The van der Waals surface area contributed by atoms with Crippen LogP contribution >= 0.6 is 0 Å². The fraction of sp³-hybridized carbons (Fsp3) is 0.231. The van der Waals surface area contributed by atoms with Crippen LogP contribution in [-0.2, 0) is 25.7 Å². The zero-order valence-corrected chi connectivity index (χ0v) is 22.1. The van der Waals surface area contributed by atoms with E-state index in [0.29, 0.717) is 47.9 Å². The molecule has 3 aromatic carbocycles. The number of amides is 1. The van der Waals surface area contributed by atoms with Gasteiger partial charge in [0.2, 0.25) is 0 Å². The van der Waals surface area contributed by atoms with Gasteiger partial charge in [-0.1, -0.05) is 24.3 Å². The van der Waals surface area contributed by atoms with Gasteiger partial charge in [-0.3, -0.25) is 19.2 Å². The first kappa shape index (κ1) is 29.5. The lowest BCUT2D eigenvalue weighted by Gasteiger charge is -2.29. The number of hydrogen-bond acceptors (Lipinski definition) is 8. The van der Waals surface area contributed by atoms with Crippen LogP contribution in [0.25, 0.3) is 0 Å². The topological polar surface area (TPSA) is 134 Å². The van der Waals surface area contributed by atoms with Gasteiger partial charge in [0.15, 0.2) is 0 Å². The predicted molar refractivity (Wildman–Crippen MR) is 144 cm³/mol. The van der Waals surface area contributed by atoms with Crippen LogP contribution < -0.4 is 14.6 Å². The van der Waals surface area contributed by atoms with E-state index in [1.54, 1.807) is 12.1 Å². The normalized spacial score (nSPS) is 14.2. The highest BCUT2D eigenvalue weighted by atomic mass is 32.2. The molecule has 1 fully saturated rings. The van der Waals surface area contributed by atoms with Gasteiger partial charge in [0, 0.05) is 36.5 Å². The first-order valence-corrected chi connectivity index (χ1v) is 13.6. The molecule has 216 valence electrons. The molecule has 0 aromatic heterocycles. The first-order valence-electron chi connectivity index (χ1n) is 12.1. The smallest absolute Gasteiger partial charge is 0.378 e. The highest BCUT2D eigenvalue weighted by molar-refractivity contribution is 7.92. The van der Waals surface area contributed by atoms with Crippen LogP contribution in [0.3, 0.4) is 0 Å². The number of nitro benzene ring substituents is 1. The Bertz CT molecular complexity index is 1540. The average Bonchev–Trinajstić information content (AvgIpc) is 2.96. The quantitative estimate of drug-likeness (QED) is 0.227. The van der Waals surface area contributed by atoms with Gasteiger partial charge in [-0.25, -0.2) is 13.8 Å². The van der Waals surface area contributed by atoms with E-state index in [-0.39, 0.29) is 16.3 Å². The number of nitrogens with one attached hydrogen (secondary N) is 1. The van der Waals surface area contributed by atoms with Crippen LogP contribution in [0.1, 0.15) is 11.1 Å². The number of carbonyl (C=O) groups excluding carboxylic acids is 1. The highest BCUT2D eigenvalue weighted by Gasteiger charge is 2.33. The predicted octanol–water partition coefficient (Wildman–Crippen LogP) is 3.80. The molecule has 1 N–H and O–H groups in total. The molecule has 4 rings (SSSR count). The third-order valence-corrected chi connectivity index (χ3v) is 7.83. The number of non-ortho nitro benzene ring substituents is 1. The fourth-order valence-electron chi connectivity index (χ4n) is 4.06. The summed E-state index contributed by atoms with van der Waals surface area (Å²) in [7, 11) is -4.47. The minimum atomic E-state index is -4.75. The molecule has 1 aliphatic heterocycles. The van der Waals surface area contributed by atoms with Crippen LogP contribution in [0.5, 0.6) is 0 Å². The second kappa shape index (κ2) is 12.3. The van der Waals surface area contributed by atoms with Crippen molar-refractivity contribution in [2.24, 2.45) is 5.10 Å². The number of carbonyl (C=O) groups is 1. The largest absolute Gasteiger partial charge is 0.416 e. The number of ether oxygens (including phenoxy) is 1. The van der Waals surface area contributed by atoms with E-state index in [1.165, 1.54) is 42.6 Å². The molecule has 1 saturated heterocycles. The molecule has 1 amide bonds. The van der Waals surface area contributed by atoms with E-state index < -0.39 is 39.1 Å². The van der Waals surface area contributed by atoms with Crippen molar-refractivity contribution >= 4 is 39.2 Å². The fourth-order valence-corrected chi connectivity index (χ4v) is 5.50. The number of sulfonamides is 1. The summed E-state index contributed by atoms with van der Waals surface area (Å²) in [5.74, 6) is -0.962. The number of benzene rings is 3. The first-order chi connectivity index (χ1) is 19.5. The van der Waals surface area contributed by atoms with Crippen molar-refractivity contribution < 1.29 is 36.0 Å². The molecule has 3 aromatic rings. The highest BCUT2D eigenvalue weighted by Crippen LogP contribution is 2.33. The Morgan fingerprint density at radius 3 is 2.44 bits per heavy atom. The summed E-state index contributed by atoms with van der Waals surface area (Å²) in [5.41, 5.74) is 1.40. The van der Waals surface area contributed by atoms with E-state index in [2.05, 4.69) is 10.5 Å². The van der Waals surface area contributed by atoms with Gasteiger partial charge >= 0.3 is 6.18 Å². The van der Waals surface area contributed by atoms with Gasteiger partial charge in [-0.15, -0.1) is 0 Å². The molecule has 41 heavy (non-hydrogen) atoms. The minimum Gasteiger partial charge on any atom is -0.378 e. The molecule has 0 spiro atoms. The molecule has 0 radical (unpaired) electrons. The van der Waals surface area contributed by atoms with Gasteiger partial charge in [0.05, 0.1) is 40.5 Å². The maximum absolute atomic E-state index is 13.4. The number of nitrogens with zero attached hydrogens (tertiary/aromatic N) is 4. The zero-order chi connectivity index (χ0) is 29.6.